The van der Waals surface area contributed by atoms with E-state index in [1.165, 1.54) is 0 Å². The summed E-state index contributed by atoms with van der Waals surface area (Å²) in [6, 6.07) is 8.21. The maximum absolute atomic E-state index is 10.4. The van der Waals surface area contributed by atoms with Crippen molar-refractivity contribution in [3.8, 4) is 5.75 Å². The number of aliphatic hydroxyl groups is 1. The molecule has 0 radical (unpaired) electrons. The summed E-state index contributed by atoms with van der Waals surface area (Å²) in [5.74, 6) is 1.95. The number of aliphatic hydroxyl groups excluding tert-OH is 1. The number of thioether (sulfide) groups is 1. The zero-order valence-corrected chi connectivity index (χ0v) is 12.7. The summed E-state index contributed by atoms with van der Waals surface area (Å²) in [7, 11) is 1.65. The second kappa shape index (κ2) is 6.64. The summed E-state index contributed by atoms with van der Waals surface area (Å²) >= 11 is 2.02. The van der Waals surface area contributed by atoms with Crippen LogP contribution in [0.1, 0.15) is 25.5 Å². The predicted octanol–water partition coefficient (Wildman–Crippen LogP) is 2.55. The zero-order valence-electron chi connectivity index (χ0n) is 11.9. The van der Waals surface area contributed by atoms with Crippen molar-refractivity contribution in [1.29, 1.82) is 0 Å². The van der Waals surface area contributed by atoms with Gasteiger partial charge in [0.25, 0.3) is 0 Å². The van der Waals surface area contributed by atoms with Crippen LogP contribution in [-0.4, -0.2) is 47.3 Å². The van der Waals surface area contributed by atoms with Gasteiger partial charge < -0.3 is 9.84 Å². The molecule has 0 amide bonds. The van der Waals surface area contributed by atoms with Crippen LogP contribution in [0.25, 0.3) is 0 Å². The molecule has 0 aromatic heterocycles. The highest BCUT2D eigenvalue weighted by atomic mass is 32.2. The Kier molecular flexibility index (Phi) is 5.13. The van der Waals surface area contributed by atoms with Crippen LogP contribution in [0.15, 0.2) is 24.3 Å². The fourth-order valence-corrected chi connectivity index (χ4v) is 3.59. The second-order valence-corrected chi connectivity index (χ2v) is 6.59. The lowest BCUT2D eigenvalue weighted by molar-refractivity contribution is 0.0928. The van der Waals surface area contributed by atoms with E-state index < -0.39 is 6.10 Å². The molecule has 0 saturated carbocycles. The van der Waals surface area contributed by atoms with Crippen molar-refractivity contribution < 1.29 is 9.84 Å². The molecule has 106 valence electrons. The maximum atomic E-state index is 10.4. The minimum atomic E-state index is -0.451. The minimum Gasteiger partial charge on any atom is -0.497 e. The van der Waals surface area contributed by atoms with Crippen molar-refractivity contribution in [3.05, 3.63) is 29.8 Å². The molecule has 19 heavy (non-hydrogen) atoms. The molecule has 2 rings (SSSR count). The van der Waals surface area contributed by atoms with E-state index in [1.54, 1.807) is 7.11 Å². The second-order valence-electron chi connectivity index (χ2n) is 5.10. The van der Waals surface area contributed by atoms with E-state index in [0.29, 0.717) is 17.8 Å². The van der Waals surface area contributed by atoms with E-state index >= 15 is 0 Å². The number of hydrogen-bond donors (Lipinski definition) is 1. The van der Waals surface area contributed by atoms with E-state index in [0.717, 1.165) is 23.6 Å². The predicted molar refractivity (Wildman–Crippen MR) is 80.9 cm³/mol. The zero-order chi connectivity index (χ0) is 13.8. The van der Waals surface area contributed by atoms with E-state index in [1.807, 2.05) is 36.0 Å². The Morgan fingerprint density at radius 1 is 1.47 bits per heavy atom. The molecule has 0 spiro atoms. The molecule has 0 aliphatic carbocycles. The molecule has 1 N–H and O–H groups in total. The van der Waals surface area contributed by atoms with Crippen molar-refractivity contribution in [2.75, 3.05) is 26.0 Å². The van der Waals surface area contributed by atoms with Crippen LogP contribution < -0.4 is 4.74 Å². The molecule has 3 nitrogen and oxygen atoms in total. The minimum absolute atomic E-state index is 0.451. The Hall–Kier alpha value is -0.710. The van der Waals surface area contributed by atoms with Crippen molar-refractivity contribution in [2.45, 2.75) is 31.2 Å². The van der Waals surface area contributed by atoms with Crippen LogP contribution >= 0.6 is 11.8 Å². The Morgan fingerprint density at radius 3 is 3.00 bits per heavy atom. The lowest BCUT2D eigenvalue weighted by atomic mass is 10.1. The van der Waals surface area contributed by atoms with Gasteiger partial charge in [-0.25, -0.2) is 0 Å². The Bertz CT molecular complexity index is 413. The lowest BCUT2D eigenvalue weighted by Gasteiger charge is -2.38. The summed E-state index contributed by atoms with van der Waals surface area (Å²) in [6.45, 7) is 6.25. The quantitative estimate of drug-likeness (QED) is 0.919. The molecule has 3 unspecified atom stereocenters. The molecule has 1 fully saturated rings. The largest absolute Gasteiger partial charge is 0.497 e. The van der Waals surface area contributed by atoms with E-state index in [9.17, 15) is 5.11 Å². The number of β-amino-alcohol motifs (C(OH)–C–C–N with tert-alkyl or cyclic N) is 1. The van der Waals surface area contributed by atoms with Gasteiger partial charge in [0.15, 0.2) is 0 Å². The lowest BCUT2D eigenvalue weighted by Crippen LogP contribution is -2.46. The molecular formula is C15H23NO2S. The van der Waals surface area contributed by atoms with Gasteiger partial charge in [-0.1, -0.05) is 19.1 Å². The average molecular weight is 281 g/mol. The number of hydrogen-bond acceptors (Lipinski definition) is 4. The number of methoxy groups -OCH3 is 1. The smallest absolute Gasteiger partial charge is 0.119 e. The molecule has 1 aliphatic rings. The van der Waals surface area contributed by atoms with Gasteiger partial charge in [0, 0.05) is 30.1 Å². The van der Waals surface area contributed by atoms with Gasteiger partial charge in [-0.2, -0.15) is 11.8 Å². The van der Waals surface area contributed by atoms with Crippen molar-refractivity contribution in [2.24, 2.45) is 0 Å². The first kappa shape index (κ1) is 14.7. The van der Waals surface area contributed by atoms with Crippen LogP contribution in [0.3, 0.4) is 0 Å². The van der Waals surface area contributed by atoms with Crippen LogP contribution in [0.2, 0.25) is 0 Å². The number of rotatable bonds is 4. The van der Waals surface area contributed by atoms with Gasteiger partial charge in [-0.15, -0.1) is 0 Å². The van der Waals surface area contributed by atoms with Crippen molar-refractivity contribution in [3.63, 3.8) is 0 Å². The highest BCUT2D eigenvalue weighted by Gasteiger charge is 2.26. The van der Waals surface area contributed by atoms with E-state index in [2.05, 4.69) is 18.7 Å². The van der Waals surface area contributed by atoms with Crippen LogP contribution in [0.5, 0.6) is 5.75 Å². The fourth-order valence-electron chi connectivity index (χ4n) is 2.43. The number of nitrogens with zero attached hydrogens (tertiary/aromatic N) is 1. The van der Waals surface area contributed by atoms with E-state index in [-0.39, 0.29) is 0 Å². The maximum Gasteiger partial charge on any atom is 0.119 e. The van der Waals surface area contributed by atoms with Crippen molar-refractivity contribution >= 4 is 11.8 Å². The highest BCUT2D eigenvalue weighted by molar-refractivity contribution is 8.00. The topological polar surface area (TPSA) is 32.7 Å². The normalized spacial score (nSPS) is 26.1. The molecule has 3 atom stereocenters. The molecule has 1 heterocycles. The molecule has 1 aromatic carbocycles. The van der Waals surface area contributed by atoms with Crippen molar-refractivity contribution in [1.82, 2.24) is 4.90 Å². The number of benzene rings is 1. The summed E-state index contributed by atoms with van der Waals surface area (Å²) < 4.78 is 5.21. The molecule has 1 aliphatic heterocycles. The third kappa shape index (κ3) is 3.65. The highest BCUT2D eigenvalue weighted by Crippen LogP contribution is 2.27. The molecule has 1 saturated heterocycles. The summed E-state index contributed by atoms with van der Waals surface area (Å²) in [6.07, 6.45) is -0.451. The molecule has 0 bridgehead atoms. The number of ether oxygens (including phenoxy) is 1. The van der Waals surface area contributed by atoms with Crippen LogP contribution in [0.4, 0.5) is 0 Å². The first-order chi connectivity index (χ1) is 9.11. The summed E-state index contributed by atoms with van der Waals surface area (Å²) in [5, 5.41) is 11.0. The van der Waals surface area contributed by atoms with Gasteiger partial charge in [-0.05, 0) is 24.6 Å². The molecular weight excluding hydrogens is 258 g/mol. The first-order valence-corrected chi connectivity index (χ1v) is 7.84. The van der Waals surface area contributed by atoms with E-state index in [4.69, 9.17) is 4.74 Å². The van der Waals surface area contributed by atoms with Gasteiger partial charge in [0.05, 0.1) is 13.2 Å². The first-order valence-electron chi connectivity index (χ1n) is 6.79. The van der Waals surface area contributed by atoms with Gasteiger partial charge in [0.2, 0.25) is 0 Å². The van der Waals surface area contributed by atoms with Gasteiger partial charge in [0.1, 0.15) is 5.75 Å². The Morgan fingerprint density at radius 2 is 2.26 bits per heavy atom. The summed E-state index contributed by atoms with van der Waals surface area (Å²) in [5.41, 5.74) is 0.928. The average Bonchev–Trinajstić information content (AvgIpc) is 2.44. The monoisotopic (exact) mass is 281 g/mol. The van der Waals surface area contributed by atoms with Gasteiger partial charge in [-0.3, -0.25) is 4.90 Å². The van der Waals surface area contributed by atoms with Crippen LogP contribution in [0, 0.1) is 0 Å². The summed E-state index contributed by atoms with van der Waals surface area (Å²) in [4.78, 5) is 2.38. The van der Waals surface area contributed by atoms with Gasteiger partial charge >= 0.3 is 0 Å². The third-order valence-corrected chi connectivity index (χ3v) is 5.24. The SMILES string of the molecule is COc1cccc(C(O)CN2CCSC(C)C2C)c1. The van der Waals surface area contributed by atoms with Crippen LogP contribution in [-0.2, 0) is 0 Å². The Labute approximate surface area is 120 Å². The standard InChI is InChI=1S/C15H23NO2S/c1-11-12(2)19-8-7-16(11)10-15(17)13-5-4-6-14(9-13)18-3/h4-6,9,11-12,15,17H,7-8,10H2,1-3H3. The third-order valence-electron chi connectivity index (χ3n) is 3.90. The fraction of sp³-hybridized carbons (Fsp3) is 0.600. The Balaban J connectivity index is 2.01. The molecule has 1 aromatic rings. The molecule has 4 heteroatoms.